The molecule has 380 valence electrons. The van der Waals surface area contributed by atoms with Crippen LogP contribution in [0.2, 0.25) is 0 Å². The van der Waals surface area contributed by atoms with E-state index in [2.05, 4.69) is 10.6 Å². The number of nitro groups is 1. The van der Waals surface area contributed by atoms with Crippen LogP contribution in [-0.2, 0) is 66.4 Å². The molecule has 0 bridgehead atoms. The molecule has 0 saturated carbocycles. The lowest BCUT2D eigenvalue weighted by atomic mass is 10.0. The Balaban J connectivity index is 0.782. The molecule has 1 fully saturated rings. The normalized spacial score (nSPS) is 14.7. The molecule has 1 saturated heterocycles. The van der Waals surface area contributed by atoms with Gasteiger partial charge in [-0.1, -0.05) is 6.07 Å². The number of carbonyl (C=O) groups is 4. The van der Waals surface area contributed by atoms with Crippen LogP contribution in [-0.4, -0.2) is 211 Å². The van der Waals surface area contributed by atoms with Crippen molar-refractivity contribution in [3.05, 3.63) is 63.7 Å². The third-order valence-electron chi connectivity index (χ3n) is 9.67. The first kappa shape index (κ1) is 55.8. The Morgan fingerprint density at radius 2 is 0.926 bits per heavy atom. The fourth-order valence-electron chi connectivity index (χ4n) is 6.32. The van der Waals surface area contributed by atoms with Gasteiger partial charge in [0.05, 0.1) is 175 Å². The molecule has 68 heavy (non-hydrogen) atoms. The average molecular weight is 967 g/mol. The molecule has 4 amide bonds. The van der Waals surface area contributed by atoms with E-state index >= 15 is 0 Å². The molecule has 0 spiro atoms. The van der Waals surface area contributed by atoms with Crippen molar-refractivity contribution in [3.63, 3.8) is 0 Å². The molecule has 1 atom stereocenters. The molecule has 0 aliphatic carbocycles. The molecule has 1 unspecified atom stereocenters. The van der Waals surface area contributed by atoms with Gasteiger partial charge in [0.15, 0.2) is 0 Å². The van der Waals surface area contributed by atoms with Crippen molar-refractivity contribution in [2.24, 2.45) is 0 Å². The van der Waals surface area contributed by atoms with Crippen LogP contribution in [0.15, 0.2) is 42.5 Å². The van der Waals surface area contributed by atoms with E-state index in [1.807, 2.05) is 0 Å². The third kappa shape index (κ3) is 22.6. The second-order valence-electron chi connectivity index (χ2n) is 14.6. The molecule has 0 aromatic heterocycles. The molecular weight excluding hydrogens is 901 g/mol. The zero-order chi connectivity index (χ0) is 48.3. The average Bonchev–Trinajstić information content (AvgIpc) is 3.59. The largest absolute Gasteiger partial charge is 0.491 e. The van der Waals surface area contributed by atoms with E-state index in [-0.39, 0.29) is 29.7 Å². The van der Waals surface area contributed by atoms with Crippen molar-refractivity contribution >= 4 is 35.0 Å². The summed E-state index contributed by atoms with van der Waals surface area (Å²) in [6, 6.07) is 9.76. The van der Waals surface area contributed by atoms with Crippen molar-refractivity contribution in [3.8, 4) is 5.75 Å². The summed E-state index contributed by atoms with van der Waals surface area (Å²) in [5.74, 6) is -1.65. The summed E-state index contributed by atoms with van der Waals surface area (Å²) in [6.45, 7) is 11.1. The first-order valence-electron chi connectivity index (χ1n) is 22.8. The minimum absolute atomic E-state index is 0.0157. The molecule has 2 aromatic carbocycles. The number of anilines is 1. The van der Waals surface area contributed by atoms with E-state index in [9.17, 15) is 29.3 Å². The van der Waals surface area contributed by atoms with Crippen LogP contribution >= 0.6 is 0 Å². The highest BCUT2D eigenvalue weighted by Crippen LogP contribution is 2.32. The second-order valence-corrected chi connectivity index (χ2v) is 14.6. The first-order chi connectivity index (χ1) is 33.4. The number of nitrogens with zero attached hydrogens (tertiary/aromatic N) is 2. The number of hydrogen-bond acceptors (Lipinski definition) is 20. The Bertz CT molecular complexity index is 1760. The summed E-state index contributed by atoms with van der Waals surface area (Å²) in [6.07, 6.45) is 0.156. The fraction of sp³-hybridized carbons (Fsp3) is 0.644. The standard InChI is InChI=1S/C45H66N4O19/c50-41-9-8-40(43(51)47-41)48-44(52)38-2-1-3-39(42(38)45(48)53)46-10-11-56-12-13-57-14-15-58-16-17-59-18-19-60-20-21-61-22-23-62-24-25-63-26-27-64-28-29-65-30-31-66-32-33-67-34-35-68-37-6-4-36(5-7-37)49(54)55/h1-7,40,46H,8-35H2,(H,47,50,51). The predicted molar refractivity (Wildman–Crippen MR) is 240 cm³/mol. The number of piperidine rings is 1. The maximum absolute atomic E-state index is 13.2. The maximum atomic E-state index is 13.2. The number of amides is 4. The number of non-ortho nitro benzene ring substituents is 1. The van der Waals surface area contributed by atoms with E-state index in [1.54, 1.807) is 30.3 Å². The number of ether oxygens (including phenoxy) is 13. The predicted octanol–water partition coefficient (Wildman–Crippen LogP) is 1.69. The SMILES string of the molecule is O=C1CCC(N2C(=O)c3cccc(NCCOCCOCCOCCOCCOCCOCCOCCOCCOCCOCCOCCOCCOc4ccc([N+](=O)[O-])cc4)c3C2=O)C(=O)N1. The van der Waals surface area contributed by atoms with E-state index in [0.717, 1.165) is 4.90 Å². The number of fused-ring (bicyclic) bond motifs is 1. The van der Waals surface area contributed by atoms with Gasteiger partial charge in [0.2, 0.25) is 11.8 Å². The zero-order valence-electron chi connectivity index (χ0n) is 38.6. The van der Waals surface area contributed by atoms with Gasteiger partial charge in [-0.05, 0) is 30.7 Å². The van der Waals surface area contributed by atoms with Crippen molar-refractivity contribution < 1.29 is 85.7 Å². The summed E-state index contributed by atoms with van der Waals surface area (Å²) in [7, 11) is 0. The van der Waals surface area contributed by atoms with Gasteiger partial charge in [0.1, 0.15) is 18.4 Å². The lowest BCUT2D eigenvalue weighted by Crippen LogP contribution is -2.54. The molecule has 2 N–H and O–H groups in total. The molecular formula is C45H66N4O19. The number of imide groups is 2. The van der Waals surface area contributed by atoms with E-state index in [0.29, 0.717) is 183 Å². The number of nitrogens with one attached hydrogen (secondary N) is 2. The van der Waals surface area contributed by atoms with Gasteiger partial charge in [-0.3, -0.25) is 39.5 Å². The van der Waals surface area contributed by atoms with Gasteiger partial charge in [-0.15, -0.1) is 0 Å². The Kier molecular flexibility index (Phi) is 29.0. The molecule has 2 aliphatic heterocycles. The monoisotopic (exact) mass is 966 g/mol. The zero-order valence-corrected chi connectivity index (χ0v) is 38.6. The number of benzene rings is 2. The van der Waals surface area contributed by atoms with Gasteiger partial charge in [-0.2, -0.15) is 0 Å². The van der Waals surface area contributed by atoms with E-state index in [4.69, 9.17) is 61.6 Å². The highest BCUT2D eigenvalue weighted by atomic mass is 16.6. The smallest absolute Gasteiger partial charge is 0.269 e. The van der Waals surface area contributed by atoms with E-state index in [1.165, 1.54) is 12.1 Å². The second kappa shape index (κ2) is 35.4. The Morgan fingerprint density at radius 1 is 0.529 bits per heavy atom. The van der Waals surface area contributed by atoms with Crippen LogP contribution in [0.3, 0.4) is 0 Å². The summed E-state index contributed by atoms with van der Waals surface area (Å²) in [4.78, 5) is 61.2. The van der Waals surface area contributed by atoms with Crippen molar-refractivity contribution in [2.45, 2.75) is 18.9 Å². The summed E-state index contributed by atoms with van der Waals surface area (Å²) in [5.41, 5.74) is 0.902. The Hall–Kier alpha value is -4.76. The Labute approximate surface area is 395 Å². The van der Waals surface area contributed by atoms with Gasteiger partial charge < -0.3 is 66.9 Å². The molecule has 4 rings (SSSR count). The topological polar surface area (TPSA) is 259 Å². The minimum Gasteiger partial charge on any atom is -0.491 e. The number of nitro benzene ring substituents is 1. The maximum Gasteiger partial charge on any atom is 0.269 e. The first-order valence-corrected chi connectivity index (χ1v) is 22.8. The summed E-state index contributed by atoms with van der Waals surface area (Å²) < 4.78 is 71.5. The number of carbonyl (C=O) groups excluding carboxylic acids is 4. The molecule has 2 heterocycles. The fourth-order valence-corrected chi connectivity index (χ4v) is 6.32. The van der Waals surface area contributed by atoms with E-state index < -0.39 is 34.6 Å². The van der Waals surface area contributed by atoms with Crippen molar-refractivity contribution in [1.29, 1.82) is 0 Å². The van der Waals surface area contributed by atoms with Gasteiger partial charge in [-0.25, -0.2) is 0 Å². The minimum atomic E-state index is -1.02. The van der Waals surface area contributed by atoms with Crippen LogP contribution in [0.1, 0.15) is 33.6 Å². The summed E-state index contributed by atoms with van der Waals surface area (Å²) in [5, 5.41) is 16.0. The van der Waals surface area contributed by atoms with Gasteiger partial charge in [0, 0.05) is 30.8 Å². The van der Waals surface area contributed by atoms with Crippen LogP contribution in [0.5, 0.6) is 5.75 Å². The molecule has 23 heteroatoms. The number of rotatable bonds is 43. The lowest BCUT2D eigenvalue weighted by molar-refractivity contribution is -0.384. The van der Waals surface area contributed by atoms with Crippen LogP contribution in [0, 0.1) is 10.1 Å². The van der Waals surface area contributed by atoms with Gasteiger partial charge in [0.25, 0.3) is 17.5 Å². The Morgan fingerprint density at radius 3 is 1.32 bits per heavy atom. The van der Waals surface area contributed by atoms with Crippen LogP contribution < -0.4 is 15.4 Å². The molecule has 0 radical (unpaired) electrons. The highest BCUT2D eigenvalue weighted by Gasteiger charge is 2.45. The quantitative estimate of drug-likeness (QED) is 0.0415. The lowest BCUT2D eigenvalue weighted by Gasteiger charge is -2.27. The number of hydrogen-bond donors (Lipinski definition) is 2. The van der Waals surface area contributed by atoms with Gasteiger partial charge >= 0.3 is 0 Å². The third-order valence-corrected chi connectivity index (χ3v) is 9.67. The summed E-state index contributed by atoms with van der Waals surface area (Å²) >= 11 is 0. The van der Waals surface area contributed by atoms with Crippen molar-refractivity contribution in [2.75, 3.05) is 177 Å². The van der Waals surface area contributed by atoms with Crippen molar-refractivity contribution in [1.82, 2.24) is 10.2 Å². The molecule has 2 aromatic rings. The van der Waals surface area contributed by atoms with Crippen LogP contribution in [0.4, 0.5) is 11.4 Å². The molecule has 2 aliphatic rings. The molecule has 23 nitrogen and oxygen atoms in total. The van der Waals surface area contributed by atoms with Crippen LogP contribution in [0.25, 0.3) is 0 Å². The highest BCUT2D eigenvalue weighted by molar-refractivity contribution is 6.25.